The van der Waals surface area contributed by atoms with Crippen molar-refractivity contribution in [3.63, 3.8) is 0 Å². The lowest BCUT2D eigenvalue weighted by atomic mass is 10.2. The Labute approximate surface area is 141 Å². The highest BCUT2D eigenvalue weighted by molar-refractivity contribution is 5.89. The number of anilines is 1. The maximum atomic E-state index is 4.54. The zero-order valence-corrected chi connectivity index (χ0v) is 13.8. The van der Waals surface area contributed by atoms with Gasteiger partial charge < -0.3 is 9.47 Å². The van der Waals surface area contributed by atoms with E-state index in [0.717, 1.165) is 62.4 Å². The van der Waals surface area contributed by atoms with Gasteiger partial charge in [-0.25, -0.2) is 15.0 Å². The first-order valence-corrected chi connectivity index (χ1v) is 8.53. The SMILES string of the molecule is c1ccc2c(N3CCN(CCCn4ccnc4)CC3)ncnc2c1. The summed E-state index contributed by atoms with van der Waals surface area (Å²) in [5.74, 6) is 1.07. The minimum Gasteiger partial charge on any atom is -0.353 e. The van der Waals surface area contributed by atoms with E-state index in [2.05, 4.69) is 41.5 Å². The lowest BCUT2D eigenvalue weighted by molar-refractivity contribution is 0.250. The van der Waals surface area contributed by atoms with Crippen molar-refractivity contribution in [1.82, 2.24) is 24.4 Å². The van der Waals surface area contributed by atoms with Crippen molar-refractivity contribution in [3.8, 4) is 0 Å². The maximum absolute atomic E-state index is 4.54. The summed E-state index contributed by atoms with van der Waals surface area (Å²) in [6.45, 7) is 6.38. The Bertz CT molecular complexity index is 772. The van der Waals surface area contributed by atoms with Crippen LogP contribution in [0.1, 0.15) is 6.42 Å². The molecule has 0 bridgehead atoms. The first kappa shape index (κ1) is 15.1. The molecule has 0 amide bonds. The van der Waals surface area contributed by atoms with Gasteiger partial charge in [0.15, 0.2) is 0 Å². The largest absolute Gasteiger partial charge is 0.353 e. The predicted octanol–water partition coefficient (Wildman–Crippen LogP) is 2.04. The van der Waals surface area contributed by atoms with Crippen molar-refractivity contribution in [2.24, 2.45) is 0 Å². The second-order valence-electron chi connectivity index (χ2n) is 6.20. The highest BCUT2D eigenvalue weighted by atomic mass is 15.3. The topological polar surface area (TPSA) is 50.1 Å². The van der Waals surface area contributed by atoms with E-state index in [1.54, 1.807) is 6.33 Å². The molecule has 24 heavy (non-hydrogen) atoms. The Morgan fingerprint density at radius 1 is 0.958 bits per heavy atom. The normalized spacial score (nSPS) is 15.9. The van der Waals surface area contributed by atoms with Crippen molar-refractivity contribution >= 4 is 16.7 Å². The highest BCUT2D eigenvalue weighted by Gasteiger charge is 2.19. The summed E-state index contributed by atoms with van der Waals surface area (Å²) < 4.78 is 2.14. The van der Waals surface area contributed by atoms with Crippen molar-refractivity contribution in [2.45, 2.75) is 13.0 Å². The molecule has 4 rings (SSSR count). The number of hydrogen-bond acceptors (Lipinski definition) is 5. The second kappa shape index (κ2) is 6.97. The molecule has 6 nitrogen and oxygen atoms in total. The molecule has 1 aliphatic heterocycles. The molecule has 1 fully saturated rings. The predicted molar refractivity (Wildman–Crippen MR) is 95.0 cm³/mol. The first-order valence-electron chi connectivity index (χ1n) is 8.53. The quantitative estimate of drug-likeness (QED) is 0.719. The summed E-state index contributed by atoms with van der Waals surface area (Å²) >= 11 is 0. The van der Waals surface area contributed by atoms with Crippen LogP contribution < -0.4 is 4.90 Å². The number of hydrogen-bond donors (Lipinski definition) is 0. The monoisotopic (exact) mass is 322 g/mol. The van der Waals surface area contributed by atoms with Gasteiger partial charge >= 0.3 is 0 Å². The fourth-order valence-electron chi connectivity index (χ4n) is 3.32. The Balaban J connectivity index is 1.34. The minimum atomic E-state index is 1.02. The van der Waals surface area contributed by atoms with Gasteiger partial charge in [-0.1, -0.05) is 12.1 Å². The molecule has 0 unspecified atom stereocenters. The van der Waals surface area contributed by atoms with E-state index in [1.165, 1.54) is 0 Å². The summed E-state index contributed by atoms with van der Waals surface area (Å²) in [5.41, 5.74) is 1.02. The fraction of sp³-hybridized carbons (Fsp3) is 0.389. The fourth-order valence-corrected chi connectivity index (χ4v) is 3.32. The molecule has 1 aliphatic rings. The molecular formula is C18H22N6. The van der Waals surface area contributed by atoms with E-state index in [9.17, 15) is 0 Å². The summed E-state index contributed by atoms with van der Waals surface area (Å²) in [4.78, 5) is 17.9. The van der Waals surface area contributed by atoms with Crippen molar-refractivity contribution in [3.05, 3.63) is 49.3 Å². The number of aromatic nitrogens is 4. The van der Waals surface area contributed by atoms with Gasteiger partial charge in [-0.2, -0.15) is 0 Å². The van der Waals surface area contributed by atoms with Crippen LogP contribution in [0, 0.1) is 0 Å². The number of fused-ring (bicyclic) bond motifs is 1. The number of rotatable bonds is 5. The van der Waals surface area contributed by atoms with E-state index in [4.69, 9.17) is 0 Å². The number of nitrogens with zero attached hydrogens (tertiary/aromatic N) is 6. The van der Waals surface area contributed by atoms with E-state index >= 15 is 0 Å². The number of para-hydroxylation sites is 1. The summed E-state index contributed by atoms with van der Waals surface area (Å²) in [6, 6.07) is 8.24. The van der Waals surface area contributed by atoms with Crippen LogP contribution in [0.5, 0.6) is 0 Å². The third-order valence-electron chi connectivity index (χ3n) is 4.64. The van der Waals surface area contributed by atoms with Crippen LogP contribution in [0.2, 0.25) is 0 Å². The zero-order valence-electron chi connectivity index (χ0n) is 13.8. The molecule has 3 heterocycles. The highest BCUT2D eigenvalue weighted by Crippen LogP contribution is 2.23. The van der Waals surface area contributed by atoms with Crippen molar-refractivity contribution in [2.75, 3.05) is 37.6 Å². The third-order valence-corrected chi connectivity index (χ3v) is 4.64. The Morgan fingerprint density at radius 3 is 2.67 bits per heavy atom. The van der Waals surface area contributed by atoms with Crippen molar-refractivity contribution in [1.29, 1.82) is 0 Å². The summed E-state index contributed by atoms with van der Waals surface area (Å²) in [5, 5.41) is 1.15. The molecule has 6 heteroatoms. The molecule has 0 spiro atoms. The standard InChI is InChI=1S/C18H22N6/c1-2-5-17-16(4-1)18(21-14-20-17)24-12-10-22(11-13-24)7-3-8-23-9-6-19-15-23/h1-2,4-6,9,14-15H,3,7-8,10-13H2. The Hall–Kier alpha value is -2.47. The molecule has 1 aromatic carbocycles. The molecule has 1 saturated heterocycles. The number of piperazine rings is 1. The van der Waals surface area contributed by atoms with Crippen LogP contribution in [0.25, 0.3) is 10.9 Å². The molecule has 2 aromatic heterocycles. The van der Waals surface area contributed by atoms with E-state index < -0.39 is 0 Å². The molecule has 3 aromatic rings. The van der Waals surface area contributed by atoms with E-state index in [0.29, 0.717) is 0 Å². The van der Waals surface area contributed by atoms with Gasteiger partial charge in [-0.3, -0.25) is 4.90 Å². The average molecular weight is 322 g/mol. The van der Waals surface area contributed by atoms with Crippen LogP contribution >= 0.6 is 0 Å². The summed E-state index contributed by atoms with van der Waals surface area (Å²) in [7, 11) is 0. The summed E-state index contributed by atoms with van der Waals surface area (Å²) in [6.07, 6.45) is 8.59. The van der Waals surface area contributed by atoms with Crippen LogP contribution in [0.15, 0.2) is 49.3 Å². The smallest absolute Gasteiger partial charge is 0.139 e. The lowest BCUT2D eigenvalue weighted by Gasteiger charge is -2.35. The van der Waals surface area contributed by atoms with E-state index in [1.807, 2.05) is 30.9 Å². The van der Waals surface area contributed by atoms with Gasteiger partial charge in [0.25, 0.3) is 0 Å². The van der Waals surface area contributed by atoms with Crippen LogP contribution in [0.4, 0.5) is 5.82 Å². The average Bonchev–Trinajstić information content (AvgIpc) is 3.15. The Morgan fingerprint density at radius 2 is 1.83 bits per heavy atom. The number of aryl methyl sites for hydroxylation is 1. The first-order chi connectivity index (χ1) is 11.9. The van der Waals surface area contributed by atoms with Gasteiger partial charge in [-0.05, 0) is 25.1 Å². The number of benzene rings is 1. The van der Waals surface area contributed by atoms with E-state index in [-0.39, 0.29) is 0 Å². The second-order valence-corrected chi connectivity index (χ2v) is 6.20. The molecule has 0 N–H and O–H groups in total. The molecule has 0 radical (unpaired) electrons. The third kappa shape index (κ3) is 3.23. The lowest BCUT2D eigenvalue weighted by Crippen LogP contribution is -2.47. The van der Waals surface area contributed by atoms with Gasteiger partial charge in [0.05, 0.1) is 11.8 Å². The maximum Gasteiger partial charge on any atom is 0.139 e. The Kier molecular flexibility index (Phi) is 4.38. The molecule has 0 atom stereocenters. The minimum absolute atomic E-state index is 1.02. The van der Waals surface area contributed by atoms with Gasteiger partial charge in [0.1, 0.15) is 12.1 Å². The van der Waals surface area contributed by atoms with Crippen LogP contribution in [0.3, 0.4) is 0 Å². The molecule has 0 saturated carbocycles. The van der Waals surface area contributed by atoms with Gasteiger partial charge in [0.2, 0.25) is 0 Å². The van der Waals surface area contributed by atoms with Crippen LogP contribution in [-0.4, -0.2) is 57.1 Å². The molecule has 124 valence electrons. The zero-order chi connectivity index (χ0) is 16.2. The molecular weight excluding hydrogens is 300 g/mol. The number of imidazole rings is 1. The van der Waals surface area contributed by atoms with Crippen LogP contribution in [-0.2, 0) is 6.54 Å². The molecule has 0 aliphatic carbocycles. The van der Waals surface area contributed by atoms with Gasteiger partial charge in [0, 0.05) is 50.5 Å². The van der Waals surface area contributed by atoms with Gasteiger partial charge in [-0.15, -0.1) is 0 Å². The van der Waals surface area contributed by atoms with Crippen molar-refractivity contribution < 1.29 is 0 Å².